The lowest BCUT2D eigenvalue weighted by Gasteiger charge is -2.56. The summed E-state index contributed by atoms with van der Waals surface area (Å²) in [5.41, 5.74) is 3.33. The Hall–Kier alpha value is -1.84. The summed E-state index contributed by atoms with van der Waals surface area (Å²) in [6.45, 7) is 15.3. The average molecular weight is 457 g/mol. The highest BCUT2D eigenvalue weighted by molar-refractivity contribution is 5.85. The molecule has 7 atom stereocenters. The topological polar surface area (TPSA) is 74.6 Å². The molecule has 2 fully saturated rings. The van der Waals surface area contributed by atoms with Gasteiger partial charge in [-0.2, -0.15) is 0 Å². The minimum absolute atomic E-state index is 0.107. The molecule has 2 saturated carbocycles. The van der Waals surface area contributed by atoms with Gasteiger partial charge in [-0.1, -0.05) is 50.6 Å². The molecule has 3 rings (SSSR count). The highest BCUT2D eigenvalue weighted by atomic mass is 16.4. The minimum atomic E-state index is -0.822. The lowest BCUT2D eigenvalue weighted by Crippen LogP contribution is -2.47. The molecule has 0 bridgehead atoms. The average Bonchev–Trinajstić information content (AvgIpc) is 3.09. The first-order valence-electron chi connectivity index (χ1n) is 12.9. The molecule has 0 amide bonds. The van der Waals surface area contributed by atoms with E-state index in [9.17, 15) is 14.7 Å². The monoisotopic (exact) mass is 456 g/mol. The summed E-state index contributed by atoms with van der Waals surface area (Å²) in [4.78, 5) is 22.6. The molecule has 0 spiro atoms. The predicted molar refractivity (Wildman–Crippen MR) is 133 cm³/mol. The fourth-order valence-corrected chi connectivity index (χ4v) is 7.97. The molecule has 0 aromatic carbocycles. The largest absolute Gasteiger partial charge is 0.481 e. The van der Waals surface area contributed by atoms with E-state index in [1.54, 1.807) is 6.92 Å². The molecule has 0 saturated heterocycles. The zero-order chi connectivity index (χ0) is 24.6. The van der Waals surface area contributed by atoms with Gasteiger partial charge in [-0.15, -0.1) is 0 Å². The second-order valence-corrected chi connectivity index (χ2v) is 11.8. The molecule has 184 valence electrons. The Kier molecular flexibility index (Phi) is 7.65. The maximum atomic E-state index is 11.5. The lowest BCUT2D eigenvalue weighted by molar-refractivity contribution is -0.138. The quantitative estimate of drug-likeness (QED) is 0.282. The van der Waals surface area contributed by atoms with E-state index in [4.69, 9.17) is 5.11 Å². The summed E-state index contributed by atoms with van der Waals surface area (Å²) < 4.78 is 0. The number of fused-ring (bicyclic) bond motifs is 3. The van der Waals surface area contributed by atoms with E-state index < -0.39 is 11.9 Å². The van der Waals surface area contributed by atoms with Crippen LogP contribution >= 0.6 is 0 Å². The van der Waals surface area contributed by atoms with Crippen LogP contribution in [0.3, 0.4) is 0 Å². The Morgan fingerprint density at radius 2 is 1.91 bits per heavy atom. The number of carboxylic acid groups (broad SMARTS) is 2. The molecule has 0 aromatic rings. The summed E-state index contributed by atoms with van der Waals surface area (Å²) in [5, 5.41) is 18.5. The lowest BCUT2D eigenvalue weighted by atomic mass is 9.48. The molecule has 3 aliphatic carbocycles. The van der Waals surface area contributed by atoms with Crippen LogP contribution in [0.25, 0.3) is 0 Å². The van der Waals surface area contributed by atoms with Crippen molar-refractivity contribution in [2.45, 2.75) is 92.4 Å². The fraction of sp³-hybridized carbons (Fsp3) is 0.724. The summed E-state index contributed by atoms with van der Waals surface area (Å²) in [7, 11) is 0. The molecule has 0 heterocycles. The molecule has 0 radical (unpaired) electrons. The van der Waals surface area contributed by atoms with Crippen LogP contribution in [-0.4, -0.2) is 22.2 Å². The number of carboxylic acids is 2. The number of aliphatic carboxylic acids is 2. The van der Waals surface area contributed by atoms with E-state index >= 15 is 0 Å². The van der Waals surface area contributed by atoms with E-state index in [1.807, 2.05) is 6.08 Å². The molecule has 2 N–H and O–H groups in total. The number of carbonyl (C=O) groups is 2. The van der Waals surface area contributed by atoms with Crippen LogP contribution in [0.4, 0.5) is 0 Å². The Bertz CT molecular complexity index is 852. The molecule has 0 aliphatic heterocycles. The van der Waals surface area contributed by atoms with Gasteiger partial charge in [0.15, 0.2) is 0 Å². The minimum Gasteiger partial charge on any atom is -0.481 e. The zero-order valence-electron chi connectivity index (χ0n) is 21.3. The number of hydrogen-bond donors (Lipinski definition) is 2. The first kappa shape index (κ1) is 25.8. The van der Waals surface area contributed by atoms with E-state index in [0.29, 0.717) is 41.6 Å². The second-order valence-electron chi connectivity index (χ2n) is 11.8. The summed E-state index contributed by atoms with van der Waals surface area (Å²) in [6, 6.07) is 0. The molecule has 3 aliphatic rings. The number of allylic oxidation sites excluding steroid dienone is 4. The Balaban J connectivity index is 1.82. The van der Waals surface area contributed by atoms with Gasteiger partial charge in [0, 0.05) is 12.0 Å². The van der Waals surface area contributed by atoms with Gasteiger partial charge in [0.1, 0.15) is 0 Å². The van der Waals surface area contributed by atoms with Gasteiger partial charge in [-0.3, -0.25) is 4.79 Å². The highest BCUT2D eigenvalue weighted by Crippen LogP contribution is 2.66. The van der Waals surface area contributed by atoms with E-state index in [-0.39, 0.29) is 17.3 Å². The van der Waals surface area contributed by atoms with Crippen LogP contribution in [0.5, 0.6) is 0 Å². The Morgan fingerprint density at radius 3 is 2.52 bits per heavy atom. The van der Waals surface area contributed by atoms with Gasteiger partial charge in [0.25, 0.3) is 0 Å². The third kappa shape index (κ3) is 4.86. The normalized spacial score (nSPS) is 37.0. The van der Waals surface area contributed by atoms with Crippen LogP contribution in [0, 0.1) is 40.4 Å². The van der Waals surface area contributed by atoms with Crippen LogP contribution in [0.1, 0.15) is 92.4 Å². The van der Waals surface area contributed by atoms with Crippen LogP contribution in [-0.2, 0) is 9.59 Å². The summed E-state index contributed by atoms with van der Waals surface area (Å²) >= 11 is 0. The number of rotatable bonds is 9. The summed E-state index contributed by atoms with van der Waals surface area (Å²) in [6.07, 6.45) is 13.0. The van der Waals surface area contributed by atoms with Crippen molar-refractivity contribution in [1.82, 2.24) is 0 Å². The maximum absolute atomic E-state index is 11.5. The van der Waals surface area contributed by atoms with Crippen molar-refractivity contribution in [1.29, 1.82) is 0 Å². The van der Waals surface area contributed by atoms with Crippen molar-refractivity contribution in [2.24, 2.45) is 40.4 Å². The van der Waals surface area contributed by atoms with Crippen molar-refractivity contribution >= 4 is 11.9 Å². The third-order valence-corrected chi connectivity index (χ3v) is 9.91. The van der Waals surface area contributed by atoms with Gasteiger partial charge in [0.05, 0.1) is 0 Å². The van der Waals surface area contributed by atoms with E-state index in [1.165, 1.54) is 30.4 Å². The molecule has 4 heteroatoms. The van der Waals surface area contributed by atoms with Gasteiger partial charge >= 0.3 is 11.9 Å². The molecular formula is C29H44O4. The van der Waals surface area contributed by atoms with Gasteiger partial charge < -0.3 is 10.2 Å². The molecule has 0 unspecified atom stereocenters. The maximum Gasteiger partial charge on any atom is 0.330 e. The Labute approximate surface area is 200 Å². The van der Waals surface area contributed by atoms with Gasteiger partial charge in [0.2, 0.25) is 0 Å². The zero-order valence-corrected chi connectivity index (χ0v) is 21.3. The molecule has 4 nitrogen and oxygen atoms in total. The van der Waals surface area contributed by atoms with Crippen LogP contribution < -0.4 is 0 Å². The first-order chi connectivity index (χ1) is 15.4. The molecule has 33 heavy (non-hydrogen) atoms. The van der Waals surface area contributed by atoms with E-state index in [0.717, 1.165) is 25.7 Å². The van der Waals surface area contributed by atoms with Crippen molar-refractivity contribution in [3.63, 3.8) is 0 Å². The predicted octanol–water partition coefficient (Wildman–Crippen LogP) is 7.27. The standard InChI is InChI=1S/C29H44O4/c1-18(2)22-10-12-25-24(28(22,5)17-15-26(30)31)13-11-23-21(14-16-29(23,25)6)19(3)8-7-9-20(4)27(32)33/h9,13,19,21-23,25H,1,7-8,10-12,14-17H2,2-6H3,(H,30,31)(H,32,33)/b20-9+/t19-,21-,22+,23-,25-,28+,29-/m1/s1. The highest BCUT2D eigenvalue weighted by Gasteiger charge is 2.57. The van der Waals surface area contributed by atoms with E-state index in [2.05, 4.69) is 40.3 Å². The SMILES string of the molecule is C=C(C)[C@@H]1CC[C@@H]2C(=CC[C@@H]3[C@@H]([C@H](C)CC/C=C(\C)C(=O)O)CC[C@@]23C)[C@@]1(C)CCC(=O)O. The number of hydrogen-bond acceptors (Lipinski definition) is 2. The van der Waals surface area contributed by atoms with Gasteiger partial charge in [-0.25, -0.2) is 4.79 Å². The second kappa shape index (κ2) is 9.80. The third-order valence-electron chi connectivity index (χ3n) is 9.91. The Morgan fingerprint density at radius 1 is 1.21 bits per heavy atom. The molecular weight excluding hydrogens is 412 g/mol. The summed E-state index contributed by atoms with van der Waals surface area (Å²) in [5.74, 6) is 1.29. The van der Waals surface area contributed by atoms with Crippen molar-refractivity contribution in [3.05, 3.63) is 35.5 Å². The fourth-order valence-electron chi connectivity index (χ4n) is 7.97. The van der Waals surface area contributed by atoms with Gasteiger partial charge in [-0.05, 0) is 106 Å². The van der Waals surface area contributed by atoms with Crippen LogP contribution in [0.15, 0.2) is 35.5 Å². The smallest absolute Gasteiger partial charge is 0.330 e. The van der Waals surface area contributed by atoms with Crippen molar-refractivity contribution in [2.75, 3.05) is 0 Å². The first-order valence-corrected chi connectivity index (χ1v) is 12.9. The van der Waals surface area contributed by atoms with Crippen molar-refractivity contribution in [3.8, 4) is 0 Å². The van der Waals surface area contributed by atoms with Crippen LogP contribution in [0.2, 0.25) is 0 Å². The molecule has 0 aromatic heterocycles. The van der Waals surface area contributed by atoms with Crippen molar-refractivity contribution < 1.29 is 19.8 Å².